The molecule has 0 atom stereocenters. The lowest BCUT2D eigenvalue weighted by atomic mass is 9.85. The second-order valence-electron chi connectivity index (χ2n) is 6.33. The maximum Gasteiger partial charge on any atom is 0.339 e. The van der Waals surface area contributed by atoms with Crippen LogP contribution in [0.1, 0.15) is 31.9 Å². The minimum Gasteiger partial charge on any atom is -0.507 e. The smallest absolute Gasteiger partial charge is 0.339 e. The minimum atomic E-state index is -0.456. The van der Waals surface area contributed by atoms with Crippen molar-refractivity contribution in [2.75, 3.05) is 5.32 Å². The fourth-order valence-electron chi connectivity index (χ4n) is 2.13. The molecule has 0 spiro atoms. The molecule has 0 aliphatic carbocycles. The van der Waals surface area contributed by atoms with Crippen LogP contribution in [-0.2, 0) is 5.41 Å². The summed E-state index contributed by atoms with van der Waals surface area (Å²) in [5.74, 6) is 0.153. The molecule has 0 saturated carbocycles. The van der Waals surface area contributed by atoms with Crippen molar-refractivity contribution in [2.24, 2.45) is 5.10 Å². The molecular formula is C18H20BrN3O2. The Balaban J connectivity index is 2.09. The zero-order valence-corrected chi connectivity index (χ0v) is 15.4. The highest BCUT2D eigenvalue weighted by Crippen LogP contribution is 2.35. The quantitative estimate of drug-likeness (QED) is 0.529. The second kappa shape index (κ2) is 7.49. The number of urea groups is 1. The number of hydrazone groups is 1. The summed E-state index contributed by atoms with van der Waals surface area (Å²) >= 11 is 3.43. The Morgan fingerprint density at radius 2 is 1.88 bits per heavy atom. The lowest BCUT2D eigenvalue weighted by molar-refractivity contribution is 0.252. The Bertz CT molecular complexity index is 753. The van der Waals surface area contributed by atoms with E-state index in [0.717, 1.165) is 10.0 Å². The molecule has 126 valence electrons. The van der Waals surface area contributed by atoms with Gasteiger partial charge in [0.25, 0.3) is 0 Å². The van der Waals surface area contributed by atoms with E-state index < -0.39 is 6.03 Å². The Kier molecular flexibility index (Phi) is 5.62. The van der Waals surface area contributed by atoms with Gasteiger partial charge < -0.3 is 10.4 Å². The average Bonchev–Trinajstić information content (AvgIpc) is 2.50. The van der Waals surface area contributed by atoms with Gasteiger partial charge in [0.15, 0.2) is 0 Å². The van der Waals surface area contributed by atoms with Gasteiger partial charge in [-0.1, -0.05) is 54.9 Å². The Labute approximate surface area is 149 Å². The number of hydrogen-bond acceptors (Lipinski definition) is 3. The number of carbonyl (C=O) groups is 1. The van der Waals surface area contributed by atoms with E-state index in [9.17, 15) is 9.90 Å². The standard InChI is InChI=1S/C18H20BrN3O2/c1-18(2,3)15-10-13(19)9-12(16(15)23)11-20-22-17(24)21-14-7-5-4-6-8-14/h4-11,23H,1-3H3,(H2,21,22,24). The van der Waals surface area contributed by atoms with Crippen LogP contribution < -0.4 is 10.7 Å². The third-order valence-electron chi connectivity index (χ3n) is 3.31. The van der Waals surface area contributed by atoms with E-state index in [1.54, 1.807) is 18.2 Å². The average molecular weight is 390 g/mol. The van der Waals surface area contributed by atoms with Gasteiger partial charge in [-0.3, -0.25) is 0 Å². The normalized spacial score (nSPS) is 11.5. The number of rotatable bonds is 3. The summed E-state index contributed by atoms with van der Waals surface area (Å²) in [7, 11) is 0. The zero-order chi connectivity index (χ0) is 17.7. The fourth-order valence-corrected chi connectivity index (χ4v) is 2.61. The van der Waals surface area contributed by atoms with Crippen LogP contribution in [0.5, 0.6) is 5.75 Å². The molecular weight excluding hydrogens is 370 g/mol. The van der Waals surface area contributed by atoms with Crippen molar-refractivity contribution < 1.29 is 9.90 Å². The third kappa shape index (κ3) is 4.83. The van der Waals surface area contributed by atoms with Gasteiger partial charge in [0.1, 0.15) is 5.75 Å². The predicted octanol–water partition coefficient (Wildman–Crippen LogP) is 4.61. The second-order valence-corrected chi connectivity index (χ2v) is 7.25. The van der Waals surface area contributed by atoms with Gasteiger partial charge in [0.2, 0.25) is 0 Å². The van der Waals surface area contributed by atoms with Crippen molar-refractivity contribution in [3.05, 3.63) is 58.1 Å². The van der Waals surface area contributed by atoms with Crippen LogP contribution in [0, 0.1) is 0 Å². The van der Waals surface area contributed by atoms with Crippen molar-refractivity contribution >= 4 is 33.9 Å². The molecule has 2 aromatic carbocycles. The number of halogens is 1. The molecule has 0 radical (unpaired) electrons. The largest absolute Gasteiger partial charge is 0.507 e. The number of hydrogen-bond donors (Lipinski definition) is 3. The van der Waals surface area contributed by atoms with Crippen LogP contribution in [0.15, 0.2) is 52.0 Å². The number of carbonyl (C=O) groups excluding carboxylic acids is 1. The van der Waals surface area contributed by atoms with Crippen molar-refractivity contribution in [3.63, 3.8) is 0 Å². The van der Waals surface area contributed by atoms with Crippen molar-refractivity contribution in [2.45, 2.75) is 26.2 Å². The summed E-state index contributed by atoms with van der Waals surface area (Å²) in [5.41, 5.74) is 4.16. The Hall–Kier alpha value is -2.34. The lowest BCUT2D eigenvalue weighted by Crippen LogP contribution is -2.24. The summed E-state index contributed by atoms with van der Waals surface area (Å²) in [4.78, 5) is 11.8. The SMILES string of the molecule is CC(C)(C)c1cc(Br)cc(C=NNC(=O)Nc2ccccc2)c1O. The van der Waals surface area contributed by atoms with Gasteiger partial charge >= 0.3 is 6.03 Å². The minimum absolute atomic E-state index is 0.153. The van der Waals surface area contributed by atoms with E-state index in [1.807, 2.05) is 45.0 Å². The van der Waals surface area contributed by atoms with Crippen LogP contribution in [0.25, 0.3) is 0 Å². The summed E-state index contributed by atoms with van der Waals surface area (Å²) in [6.45, 7) is 6.04. The highest BCUT2D eigenvalue weighted by Gasteiger charge is 2.20. The van der Waals surface area contributed by atoms with Crippen LogP contribution in [0.3, 0.4) is 0 Å². The van der Waals surface area contributed by atoms with E-state index in [1.165, 1.54) is 6.21 Å². The Morgan fingerprint density at radius 1 is 1.21 bits per heavy atom. The highest BCUT2D eigenvalue weighted by molar-refractivity contribution is 9.10. The molecule has 0 aromatic heterocycles. The van der Waals surface area contributed by atoms with E-state index in [2.05, 4.69) is 31.8 Å². The van der Waals surface area contributed by atoms with E-state index >= 15 is 0 Å². The molecule has 0 fully saturated rings. The predicted molar refractivity (Wildman–Crippen MR) is 101 cm³/mol. The molecule has 2 amide bonds. The number of benzene rings is 2. The van der Waals surface area contributed by atoms with Crippen molar-refractivity contribution in [1.82, 2.24) is 5.43 Å². The number of nitrogens with one attached hydrogen (secondary N) is 2. The topological polar surface area (TPSA) is 73.7 Å². The highest BCUT2D eigenvalue weighted by atomic mass is 79.9. The van der Waals surface area contributed by atoms with E-state index in [4.69, 9.17) is 0 Å². The number of nitrogens with zero attached hydrogens (tertiary/aromatic N) is 1. The number of phenolic OH excluding ortho intramolecular Hbond substituents is 1. The van der Waals surface area contributed by atoms with Gasteiger partial charge in [-0.2, -0.15) is 5.10 Å². The number of phenols is 1. The molecule has 0 aliphatic heterocycles. The number of amides is 2. The summed E-state index contributed by atoms with van der Waals surface area (Å²) in [6, 6.07) is 12.2. The molecule has 0 bridgehead atoms. The molecule has 0 aliphatic rings. The summed E-state index contributed by atoms with van der Waals surface area (Å²) in [6.07, 6.45) is 1.42. The Morgan fingerprint density at radius 3 is 2.50 bits per heavy atom. The summed E-state index contributed by atoms with van der Waals surface area (Å²) < 4.78 is 0.834. The number of anilines is 1. The molecule has 2 aromatic rings. The molecule has 2 rings (SSSR count). The summed E-state index contributed by atoms with van der Waals surface area (Å²) in [5, 5.41) is 17.0. The first-order valence-corrected chi connectivity index (χ1v) is 8.25. The molecule has 5 nitrogen and oxygen atoms in total. The van der Waals surface area contributed by atoms with Gasteiger partial charge in [-0.25, -0.2) is 10.2 Å². The first kappa shape index (κ1) is 18.0. The van der Waals surface area contributed by atoms with Crippen LogP contribution >= 0.6 is 15.9 Å². The number of para-hydroxylation sites is 1. The molecule has 24 heavy (non-hydrogen) atoms. The lowest BCUT2D eigenvalue weighted by Gasteiger charge is -2.21. The molecule has 3 N–H and O–H groups in total. The van der Waals surface area contributed by atoms with E-state index in [0.29, 0.717) is 11.3 Å². The molecule has 0 heterocycles. The van der Waals surface area contributed by atoms with Crippen LogP contribution in [0.2, 0.25) is 0 Å². The van der Waals surface area contributed by atoms with Crippen LogP contribution in [-0.4, -0.2) is 17.4 Å². The maximum atomic E-state index is 11.8. The van der Waals surface area contributed by atoms with E-state index in [-0.39, 0.29) is 11.2 Å². The van der Waals surface area contributed by atoms with Crippen molar-refractivity contribution in [3.8, 4) is 5.75 Å². The number of aromatic hydroxyl groups is 1. The first-order chi connectivity index (χ1) is 11.3. The third-order valence-corrected chi connectivity index (χ3v) is 3.77. The van der Waals surface area contributed by atoms with Gasteiger partial charge in [0, 0.05) is 21.3 Å². The van der Waals surface area contributed by atoms with Gasteiger partial charge in [-0.15, -0.1) is 0 Å². The van der Waals surface area contributed by atoms with Crippen LogP contribution in [0.4, 0.5) is 10.5 Å². The molecule has 0 saturated heterocycles. The molecule has 0 unspecified atom stereocenters. The maximum absolute atomic E-state index is 11.8. The monoisotopic (exact) mass is 389 g/mol. The van der Waals surface area contributed by atoms with Gasteiger partial charge in [0.05, 0.1) is 6.21 Å². The molecule has 6 heteroatoms. The fraction of sp³-hybridized carbons (Fsp3) is 0.222. The zero-order valence-electron chi connectivity index (χ0n) is 13.8. The first-order valence-electron chi connectivity index (χ1n) is 7.45. The van der Waals surface area contributed by atoms with Crippen molar-refractivity contribution in [1.29, 1.82) is 0 Å². The van der Waals surface area contributed by atoms with Gasteiger partial charge in [-0.05, 0) is 29.7 Å².